The van der Waals surface area contributed by atoms with Gasteiger partial charge in [-0.3, -0.25) is 0 Å². The van der Waals surface area contributed by atoms with Crippen LogP contribution in [0.2, 0.25) is 0 Å². The highest BCUT2D eigenvalue weighted by atomic mass is 79.9. The van der Waals surface area contributed by atoms with Crippen LogP contribution < -0.4 is 0 Å². The van der Waals surface area contributed by atoms with Crippen LogP contribution >= 0.6 is 27.5 Å². The lowest BCUT2D eigenvalue weighted by atomic mass is 10.1. The summed E-state index contributed by atoms with van der Waals surface area (Å²) in [5.41, 5.74) is 1.79. The Labute approximate surface area is 109 Å². The normalized spacial score (nSPS) is 21.1. The molecule has 0 spiro atoms. The van der Waals surface area contributed by atoms with Crippen molar-refractivity contribution in [3.8, 4) is 0 Å². The largest absolute Gasteiger partial charge is 0.390 e. The van der Waals surface area contributed by atoms with Crippen LogP contribution in [-0.4, -0.2) is 16.6 Å². The van der Waals surface area contributed by atoms with Crippen molar-refractivity contribution in [1.29, 1.82) is 0 Å². The molecule has 0 atom stereocenters. The number of nitrogens with zero attached hydrogens (tertiary/aromatic N) is 1. The molecule has 0 saturated carbocycles. The second-order valence-electron chi connectivity index (χ2n) is 3.73. The summed E-state index contributed by atoms with van der Waals surface area (Å²) in [7, 11) is 0. The first kappa shape index (κ1) is 12.0. The Hall–Kier alpha value is -0.510. The van der Waals surface area contributed by atoms with E-state index < -0.39 is 0 Å². The van der Waals surface area contributed by atoms with E-state index in [1.165, 1.54) is 0 Å². The summed E-state index contributed by atoms with van der Waals surface area (Å²) in [5, 5.41) is 9.96. The highest BCUT2D eigenvalue weighted by Gasteiger charge is 2.21. The summed E-state index contributed by atoms with van der Waals surface area (Å²) in [4.78, 5) is 1.95. The minimum atomic E-state index is -0.0660. The number of fused-ring (bicyclic) bond motifs is 1. The van der Waals surface area contributed by atoms with Crippen molar-refractivity contribution in [2.45, 2.75) is 19.3 Å². The van der Waals surface area contributed by atoms with Crippen LogP contribution in [0.4, 0.5) is 0 Å². The van der Waals surface area contributed by atoms with E-state index in [-0.39, 0.29) is 6.61 Å². The van der Waals surface area contributed by atoms with E-state index in [4.69, 9.17) is 11.6 Å². The zero-order valence-corrected chi connectivity index (χ0v) is 11.1. The highest BCUT2D eigenvalue weighted by Crippen LogP contribution is 2.35. The van der Waals surface area contributed by atoms with Crippen LogP contribution in [0.1, 0.15) is 19.3 Å². The average Bonchev–Trinajstić information content (AvgIpc) is 2.24. The molecule has 0 aromatic carbocycles. The maximum absolute atomic E-state index is 9.39. The number of hydrogen-bond donors (Lipinski definition) is 1. The van der Waals surface area contributed by atoms with Gasteiger partial charge in [-0.2, -0.15) is 0 Å². The van der Waals surface area contributed by atoms with Gasteiger partial charge in [-0.1, -0.05) is 23.8 Å². The SMILES string of the molecule is OCC1=C(Cl)C(Br)=CC2=CCCCC=CN21. The molecule has 2 aliphatic heterocycles. The zero-order valence-electron chi connectivity index (χ0n) is 8.79. The van der Waals surface area contributed by atoms with Crippen LogP contribution in [0.5, 0.6) is 0 Å². The quantitative estimate of drug-likeness (QED) is 0.800. The molecule has 0 unspecified atom stereocenters. The van der Waals surface area contributed by atoms with Gasteiger partial charge in [-0.15, -0.1) is 0 Å². The average molecular weight is 303 g/mol. The third-order valence-electron chi connectivity index (χ3n) is 2.64. The molecule has 0 saturated heterocycles. The predicted molar refractivity (Wildman–Crippen MR) is 69.9 cm³/mol. The Balaban J connectivity index is 2.44. The van der Waals surface area contributed by atoms with Crippen LogP contribution in [0.3, 0.4) is 0 Å². The molecule has 1 N–H and O–H groups in total. The monoisotopic (exact) mass is 301 g/mol. The maximum Gasteiger partial charge on any atom is 0.0852 e. The Morgan fingerprint density at radius 3 is 3.00 bits per heavy atom. The van der Waals surface area contributed by atoms with Gasteiger partial charge >= 0.3 is 0 Å². The molecule has 0 aromatic heterocycles. The van der Waals surface area contributed by atoms with E-state index in [1.54, 1.807) is 0 Å². The van der Waals surface area contributed by atoms with Gasteiger partial charge in [-0.05, 0) is 41.3 Å². The van der Waals surface area contributed by atoms with Crippen LogP contribution in [0.15, 0.2) is 45.3 Å². The zero-order chi connectivity index (χ0) is 11.5. The molecule has 16 heavy (non-hydrogen) atoms. The summed E-state index contributed by atoms with van der Waals surface area (Å²) in [6, 6.07) is 0. The molecule has 4 heteroatoms. The Morgan fingerprint density at radius 2 is 2.25 bits per heavy atom. The number of hydrogen-bond acceptors (Lipinski definition) is 2. The molecular formula is C12H13BrClNO. The third kappa shape index (κ3) is 2.26. The van der Waals surface area contributed by atoms with Gasteiger partial charge < -0.3 is 10.0 Å². The molecule has 2 nitrogen and oxygen atoms in total. The van der Waals surface area contributed by atoms with Gasteiger partial charge in [0.25, 0.3) is 0 Å². The number of aliphatic hydroxyl groups is 1. The summed E-state index contributed by atoms with van der Waals surface area (Å²) in [5.74, 6) is 0. The lowest BCUT2D eigenvalue weighted by molar-refractivity contribution is 0.299. The van der Waals surface area contributed by atoms with Crippen LogP contribution in [-0.2, 0) is 0 Å². The van der Waals surface area contributed by atoms with Gasteiger partial charge in [0, 0.05) is 16.4 Å². The van der Waals surface area contributed by atoms with E-state index in [0.717, 1.165) is 35.1 Å². The molecule has 2 rings (SSSR count). The molecule has 2 aliphatic rings. The Kier molecular flexibility index (Phi) is 3.90. The summed E-state index contributed by atoms with van der Waals surface area (Å²) in [6.45, 7) is -0.0660. The molecule has 86 valence electrons. The van der Waals surface area contributed by atoms with Crippen molar-refractivity contribution in [2.75, 3.05) is 6.61 Å². The number of allylic oxidation sites excluding steroid dienone is 5. The molecule has 0 aromatic rings. The lowest BCUT2D eigenvalue weighted by Gasteiger charge is -2.29. The molecule has 0 bridgehead atoms. The summed E-state index contributed by atoms with van der Waals surface area (Å²) < 4.78 is 0.828. The minimum absolute atomic E-state index is 0.0660. The molecule has 0 aliphatic carbocycles. The molecule has 0 fully saturated rings. The Morgan fingerprint density at radius 1 is 1.44 bits per heavy atom. The van der Waals surface area contributed by atoms with Gasteiger partial charge in [0.1, 0.15) is 0 Å². The fraction of sp³-hybridized carbons (Fsp3) is 0.333. The van der Waals surface area contributed by atoms with Gasteiger partial charge in [-0.25, -0.2) is 0 Å². The number of halogens is 2. The first-order valence-corrected chi connectivity index (χ1v) is 6.44. The lowest BCUT2D eigenvalue weighted by Crippen LogP contribution is -2.22. The molecular weight excluding hydrogens is 289 g/mol. The second-order valence-corrected chi connectivity index (χ2v) is 4.96. The first-order valence-electron chi connectivity index (χ1n) is 5.27. The van der Waals surface area contributed by atoms with Crippen LogP contribution in [0.25, 0.3) is 0 Å². The minimum Gasteiger partial charge on any atom is -0.390 e. The Bertz CT molecular complexity index is 409. The highest BCUT2D eigenvalue weighted by molar-refractivity contribution is 9.12. The second kappa shape index (κ2) is 5.21. The van der Waals surface area contributed by atoms with Crippen molar-refractivity contribution in [3.63, 3.8) is 0 Å². The van der Waals surface area contributed by atoms with Gasteiger partial charge in [0.2, 0.25) is 0 Å². The molecule has 2 heterocycles. The standard InChI is InChI=1S/C12H13BrClNO/c13-10-7-9-5-3-1-2-4-6-15(9)11(8-16)12(10)14/h4-7,16H,1-3,8H2. The first-order chi connectivity index (χ1) is 7.74. The van der Waals surface area contributed by atoms with Crippen molar-refractivity contribution >= 4 is 27.5 Å². The van der Waals surface area contributed by atoms with E-state index in [1.807, 2.05) is 17.2 Å². The van der Waals surface area contributed by atoms with Gasteiger partial charge in [0.15, 0.2) is 0 Å². The third-order valence-corrected chi connectivity index (χ3v) is 3.91. The topological polar surface area (TPSA) is 23.5 Å². The van der Waals surface area contributed by atoms with E-state index >= 15 is 0 Å². The number of aliphatic hydroxyl groups excluding tert-OH is 1. The fourth-order valence-corrected chi connectivity index (χ4v) is 2.48. The maximum atomic E-state index is 9.39. The van der Waals surface area contributed by atoms with Crippen molar-refractivity contribution in [2.24, 2.45) is 0 Å². The van der Waals surface area contributed by atoms with E-state index in [9.17, 15) is 5.11 Å². The smallest absolute Gasteiger partial charge is 0.0852 e. The molecule has 0 radical (unpaired) electrons. The van der Waals surface area contributed by atoms with Crippen molar-refractivity contribution in [3.05, 3.63) is 45.3 Å². The number of rotatable bonds is 1. The van der Waals surface area contributed by atoms with Crippen molar-refractivity contribution < 1.29 is 5.11 Å². The van der Waals surface area contributed by atoms with Crippen molar-refractivity contribution in [1.82, 2.24) is 4.90 Å². The molecule has 0 amide bonds. The predicted octanol–water partition coefficient (Wildman–Crippen LogP) is 3.61. The van der Waals surface area contributed by atoms with E-state index in [2.05, 4.69) is 28.1 Å². The van der Waals surface area contributed by atoms with Gasteiger partial charge in [0.05, 0.1) is 17.3 Å². The fourth-order valence-electron chi connectivity index (χ4n) is 1.81. The summed E-state index contributed by atoms with van der Waals surface area (Å²) >= 11 is 9.56. The van der Waals surface area contributed by atoms with Crippen LogP contribution in [0, 0.1) is 0 Å². The van der Waals surface area contributed by atoms with E-state index in [0.29, 0.717) is 5.03 Å². The summed E-state index contributed by atoms with van der Waals surface area (Å²) in [6.07, 6.45) is 11.5.